The molecule has 0 aromatic heterocycles. The molecule has 4 nitrogen and oxygen atoms in total. The third-order valence-electron chi connectivity index (χ3n) is 3.26. The zero-order valence-electron chi connectivity index (χ0n) is 8.36. The van der Waals surface area contributed by atoms with E-state index in [9.17, 15) is 13.2 Å². The number of carbonyl (C=O) groups excluding carboxylic acids is 1. The molecule has 0 bridgehead atoms. The van der Waals surface area contributed by atoms with Gasteiger partial charge in [-0.15, -0.1) is 0 Å². The van der Waals surface area contributed by atoms with Crippen LogP contribution in [-0.4, -0.2) is 37.6 Å². The highest BCUT2D eigenvalue weighted by atomic mass is 35.7. The van der Waals surface area contributed by atoms with Gasteiger partial charge in [-0.3, -0.25) is 4.79 Å². The lowest BCUT2D eigenvalue weighted by atomic mass is 10.0. The first kappa shape index (κ1) is 11.2. The van der Waals surface area contributed by atoms with Crippen LogP contribution in [0.3, 0.4) is 0 Å². The lowest BCUT2D eigenvalue weighted by Crippen LogP contribution is -2.57. The lowest BCUT2D eigenvalue weighted by molar-refractivity contribution is -0.138. The van der Waals surface area contributed by atoms with Crippen molar-refractivity contribution in [2.45, 2.75) is 30.9 Å². The quantitative estimate of drug-likeness (QED) is 0.687. The molecule has 2 aliphatic rings. The van der Waals surface area contributed by atoms with Crippen molar-refractivity contribution in [1.29, 1.82) is 0 Å². The number of rotatable bonds is 2. The van der Waals surface area contributed by atoms with Gasteiger partial charge >= 0.3 is 0 Å². The molecular formula is C9H14ClNO3S. The molecule has 1 saturated heterocycles. The fourth-order valence-corrected chi connectivity index (χ4v) is 3.28. The van der Waals surface area contributed by atoms with E-state index in [2.05, 4.69) is 0 Å². The lowest BCUT2D eigenvalue weighted by Gasteiger charge is -2.38. The number of carbonyl (C=O) groups is 1. The second-order valence-corrected chi connectivity index (χ2v) is 7.23. The molecule has 1 aliphatic heterocycles. The van der Waals surface area contributed by atoms with Crippen molar-refractivity contribution < 1.29 is 13.2 Å². The molecule has 2 rings (SSSR count). The van der Waals surface area contributed by atoms with E-state index in [1.54, 1.807) is 4.90 Å². The Kier molecular flexibility index (Phi) is 2.94. The van der Waals surface area contributed by atoms with Crippen molar-refractivity contribution in [2.24, 2.45) is 5.92 Å². The van der Waals surface area contributed by atoms with Crippen LogP contribution in [0.4, 0.5) is 0 Å². The summed E-state index contributed by atoms with van der Waals surface area (Å²) in [4.78, 5) is 13.4. The van der Waals surface area contributed by atoms with Crippen LogP contribution in [0.15, 0.2) is 0 Å². The molecule has 6 heteroatoms. The Morgan fingerprint density at radius 1 is 1.20 bits per heavy atom. The van der Waals surface area contributed by atoms with E-state index >= 15 is 0 Å². The minimum atomic E-state index is -3.48. The molecule has 0 aromatic carbocycles. The third kappa shape index (κ3) is 2.28. The van der Waals surface area contributed by atoms with Gasteiger partial charge in [0.2, 0.25) is 15.0 Å². The van der Waals surface area contributed by atoms with Crippen molar-refractivity contribution in [1.82, 2.24) is 4.90 Å². The van der Waals surface area contributed by atoms with Crippen LogP contribution in [0, 0.1) is 5.92 Å². The summed E-state index contributed by atoms with van der Waals surface area (Å²) in [6.45, 7) is 0.558. The van der Waals surface area contributed by atoms with Crippen LogP contribution in [0.25, 0.3) is 0 Å². The Labute approximate surface area is 94.0 Å². The van der Waals surface area contributed by atoms with Crippen molar-refractivity contribution in [3.05, 3.63) is 0 Å². The average Bonchev–Trinajstić information content (AvgIpc) is 2.48. The molecular weight excluding hydrogens is 238 g/mol. The molecule has 1 saturated carbocycles. The highest BCUT2D eigenvalue weighted by molar-refractivity contribution is 8.14. The standard InChI is InChI=1S/C9H14ClNO3S/c10-15(13,14)8-5-11(6-8)9(12)7-3-1-2-4-7/h7-8H,1-6H2. The Balaban J connectivity index is 1.86. The van der Waals surface area contributed by atoms with Gasteiger partial charge in [-0.05, 0) is 12.8 Å². The largest absolute Gasteiger partial charge is 0.340 e. The molecule has 1 amide bonds. The van der Waals surface area contributed by atoms with Gasteiger partial charge in [-0.2, -0.15) is 0 Å². The van der Waals surface area contributed by atoms with Crippen LogP contribution in [0.1, 0.15) is 25.7 Å². The summed E-state index contributed by atoms with van der Waals surface area (Å²) in [6.07, 6.45) is 4.13. The highest BCUT2D eigenvalue weighted by Crippen LogP contribution is 2.29. The molecule has 15 heavy (non-hydrogen) atoms. The summed E-state index contributed by atoms with van der Waals surface area (Å²) in [5.74, 6) is 0.244. The summed E-state index contributed by atoms with van der Waals surface area (Å²) >= 11 is 0. The Morgan fingerprint density at radius 3 is 2.20 bits per heavy atom. The topological polar surface area (TPSA) is 54.5 Å². The predicted octanol–water partition coefficient (Wildman–Crippen LogP) is 0.956. The van der Waals surface area contributed by atoms with Crippen LogP contribution in [-0.2, 0) is 13.8 Å². The van der Waals surface area contributed by atoms with Crippen LogP contribution < -0.4 is 0 Å². The SMILES string of the molecule is O=C(C1CCCC1)N1CC(S(=O)(=O)Cl)C1. The van der Waals surface area contributed by atoms with Crippen LogP contribution in [0.5, 0.6) is 0 Å². The molecule has 86 valence electrons. The summed E-state index contributed by atoms with van der Waals surface area (Å²) in [6, 6.07) is 0. The summed E-state index contributed by atoms with van der Waals surface area (Å²) in [7, 11) is 1.72. The van der Waals surface area contributed by atoms with Crippen molar-refractivity contribution in [2.75, 3.05) is 13.1 Å². The van der Waals surface area contributed by atoms with E-state index in [-0.39, 0.29) is 24.9 Å². The highest BCUT2D eigenvalue weighted by Gasteiger charge is 2.41. The summed E-state index contributed by atoms with van der Waals surface area (Å²) in [5.41, 5.74) is 0. The van der Waals surface area contributed by atoms with E-state index in [0.29, 0.717) is 0 Å². The third-order valence-corrected chi connectivity index (χ3v) is 5.11. The molecule has 2 fully saturated rings. The van der Waals surface area contributed by atoms with Crippen molar-refractivity contribution in [3.63, 3.8) is 0 Å². The van der Waals surface area contributed by atoms with Crippen LogP contribution >= 0.6 is 10.7 Å². The first-order valence-corrected chi connectivity index (χ1v) is 7.58. The molecule has 0 atom stereocenters. The van der Waals surface area contributed by atoms with Gasteiger partial charge in [-0.25, -0.2) is 8.42 Å². The Hall–Kier alpha value is -0.290. The van der Waals surface area contributed by atoms with Crippen LogP contribution in [0.2, 0.25) is 0 Å². The number of halogens is 1. The van der Waals surface area contributed by atoms with E-state index in [1.807, 2.05) is 0 Å². The number of nitrogens with zero attached hydrogens (tertiary/aromatic N) is 1. The molecule has 0 N–H and O–H groups in total. The monoisotopic (exact) mass is 251 g/mol. The zero-order valence-corrected chi connectivity index (χ0v) is 9.93. The number of likely N-dealkylation sites (tertiary alicyclic amines) is 1. The first-order valence-electron chi connectivity index (χ1n) is 5.21. The number of amides is 1. The molecule has 0 radical (unpaired) electrons. The fourth-order valence-electron chi connectivity index (χ4n) is 2.23. The molecule has 1 heterocycles. The predicted molar refractivity (Wildman–Crippen MR) is 57.1 cm³/mol. The van der Waals surface area contributed by atoms with Gasteiger partial charge in [-0.1, -0.05) is 12.8 Å². The maximum absolute atomic E-state index is 11.8. The summed E-state index contributed by atoms with van der Waals surface area (Å²) < 4.78 is 21.9. The number of hydrogen-bond donors (Lipinski definition) is 0. The van der Waals surface area contributed by atoms with Crippen molar-refractivity contribution >= 4 is 25.6 Å². The van der Waals surface area contributed by atoms with E-state index in [0.717, 1.165) is 25.7 Å². The normalized spacial score (nSPS) is 24.2. The fraction of sp³-hybridized carbons (Fsp3) is 0.889. The summed E-state index contributed by atoms with van der Waals surface area (Å²) in [5, 5.41) is -0.551. The molecule has 0 spiro atoms. The van der Waals surface area contributed by atoms with Gasteiger partial charge in [0.1, 0.15) is 5.25 Å². The van der Waals surface area contributed by atoms with Gasteiger partial charge < -0.3 is 4.90 Å². The Bertz CT molecular complexity index is 356. The van der Waals surface area contributed by atoms with Crippen molar-refractivity contribution in [3.8, 4) is 0 Å². The van der Waals surface area contributed by atoms with E-state index in [1.165, 1.54) is 0 Å². The van der Waals surface area contributed by atoms with Gasteiger partial charge in [0.25, 0.3) is 0 Å². The second-order valence-electron chi connectivity index (χ2n) is 4.32. The van der Waals surface area contributed by atoms with Gasteiger partial charge in [0, 0.05) is 29.7 Å². The van der Waals surface area contributed by atoms with E-state index < -0.39 is 14.3 Å². The average molecular weight is 252 g/mol. The zero-order chi connectivity index (χ0) is 11.1. The molecule has 0 aromatic rings. The maximum atomic E-state index is 11.8. The minimum Gasteiger partial charge on any atom is -0.340 e. The van der Waals surface area contributed by atoms with E-state index in [4.69, 9.17) is 10.7 Å². The minimum absolute atomic E-state index is 0.115. The van der Waals surface area contributed by atoms with Gasteiger partial charge in [0.15, 0.2) is 0 Å². The molecule has 1 aliphatic carbocycles. The second kappa shape index (κ2) is 3.94. The maximum Gasteiger partial charge on any atom is 0.238 e. The molecule has 0 unspecified atom stereocenters. The Morgan fingerprint density at radius 2 is 1.73 bits per heavy atom. The van der Waals surface area contributed by atoms with Gasteiger partial charge in [0.05, 0.1) is 0 Å². The smallest absolute Gasteiger partial charge is 0.238 e. The first-order chi connectivity index (χ1) is 6.98. The number of hydrogen-bond acceptors (Lipinski definition) is 3.